The van der Waals surface area contributed by atoms with Gasteiger partial charge in [-0.1, -0.05) is 28.1 Å². The topological polar surface area (TPSA) is 26.3 Å². The molecule has 76 valence electrons. The lowest BCUT2D eigenvalue weighted by atomic mass is 10.1. The molecule has 0 bridgehead atoms. The molecule has 0 atom stereocenters. The molecule has 0 fully saturated rings. The minimum absolute atomic E-state index is 0.178. The highest BCUT2D eigenvalue weighted by Gasteiger charge is 2.04. The van der Waals surface area contributed by atoms with Gasteiger partial charge in [0.15, 0.2) is 0 Å². The Balaban J connectivity index is 2.68. The molecule has 0 aliphatic heterocycles. The van der Waals surface area contributed by atoms with Crippen molar-refractivity contribution in [2.45, 2.75) is 20.3 Å². The van der Waals surface area contributed by atoms with Crippen LogP contribution in [0.1, 0.15) is 18.1 Å². The van der Waals surface area contributed by atoms with Crippen LogP contribution in [0, 0.1) is 6.92 Å². The predicted octanol–water partition coefficient (Wildman–Crippen LogP) is 2.86. The van der Waals surface area contributed by atoms with Gasteiger partial charge in [0.05, 0.1) is 13.0 Å². The van der Waals surface area contributed by atoms with Gasteiger partial charge in [-0.25, -0.2) is 0 Å². The van der Waals surface area contributed by atoms with Gasteiger partial charge in [0.1, 0.15) is 0 Å². The lowest BCUT2D eigenvalue weighted by Crippen LogP contribution is -2.07. The van der Waals surface area contributed by atoms with Gasteiger partial charge in [-0.05, 0) is 31.0 Å². The van der Waals surface area contributed by atoms with Crippen LogP contribution in [0.4, 0.5) is 0 Å². The summed E-state index contributed by atoms with van der Waals surface area (Å²) in [4.78, 5) is 11.2. The summed E-state index contributed by atoms with van der Waals surface area (Å²) in [5.41, 5.74) is 2.14. The average molecular weight is 257 g/mol. The lowest BCUT2D eigenvalue weighted by Gasteiger charge is -2.04. The van der Waals surface area contributed by atoms with E-state index in [9.17, 15) is 4.79 Å². The van der Waals surface area contributed by atoms with Crippen LogP contribution in [0.2, 0.25) is 0 Å². The largest absolute Gasteiger partial charge is 0.466 e. The van der Waals surface area contributed by atoms with Gasteiger partial charge in [0.25, 0.3) is 0 Å². The van der Waals surface area contributed by atoms with E-state index in [1.165, 1.54) is 0 Å². The number of hydrogen-bond acceptors (Lipinski definition) is 2. The van der Waals surface area contributed by atoms with E-state index in [1.54, 1.807) is 0 Å². The molecule has 0 aliphatic rings. The maximum atomic E-state index is 11.2. The summed E-state index contributed by atoms with van der Waals surface area (Å²) in [7, 11) is 0. The van der Waals surface area contributed by atoms with E-state index >= 15 is 0 Å². The predicted molar refractivity (Wildman–Crippen MR) is 59.2 cm³/mol. The van der Waals surface area contributed by atoms with Crippen LogP contribution >= 0.6 is 15.9 Å². The van der Waals surface area contributed by atoms with E-state index in [0.29, 0.717) is 13.0 Å². The summed E-state index contributed by atoms with van der Waals surface area (Å²) in [5, 5.41) is 0. The van der Waals surface area contributed by atoms with Crippen LogP contribution in [-0.4, -0.2) is 12.6 Å². The molecule has 0 aromatic heterocycles. The lowest BCUT2D eigenvalue weighted by molar-refractivity contribution is -0.142. The van der Waals surface area contributed by atoms with E-state index < -0.39 is 0 Å². The molecule has 0 saturated carbocycles. The number of carbonyl (C=O) groups excluding carboxylic acids is 1. The Morgan fingerprint density at radius 3 is 2.79 bits per heavy atom. The monoisotopic (exact) mass is 256 g/mol. The number of halogens is 1. The SMILES string of the molecule is CCOC(=O)Cc1ccc(C)c(Br)c1. The molecule has 0 spiro atoms. The van der Waals surface area contributed by atoms with Gasteiger partial charge < -0.3 is 4.74 Å². The van der Waals surface area contributed by atoms with E-state index in [-0.39, 0.29) is 5.97 Å². The summed E-state index contributed by atoms with van der Waals surface area (Å²) in [5.74, 6) is -0.178. The molecule has 0 N–H and O–H groups in total. The molecule has 0 saturated heterocycles. The van der Waals surface area contributed by atoms with Gasteiger partial charge >= 0.3 is 5.97 Å². The van der Waals surface area contributed by atoms with Crippen molar-refractivity contribution in [2.24, 2.45) is 0 Å². The molecule has 0 amide bonds. The van der Waals surface area contributed by atoms with Crippen molar-refractivity contribution < 1.29 is 9.53 Å². The van der Waals surface area contributed by atoms with Crippen LogP contribution in [0.25, 0.3) is 0 Å². The zero-order chi connectivity index (χ0) is 10.6. The number of hydrogen-bond donors (Lipinski definition) is 0. The molecule has 0 heterocycles. The Morgan fingerprint density at radius 2 is 2.21 bits per heavy atom. The van der Waals surface area contributed by atoms with Gasteiger partial charge in [-0.3, -0.25) is 4.79 Å². The maximum absolute atomic E-state index is 11.2. The van der Waals surface area contributed by atoms with Crippen molar-refractivity contribution >= 4 is 21.9 Å². The summed E-state index contributed by atoms with van der Waals surface area (Å²) in [6, 6.07) is 5.88. The summed E-state index contributed by atoms with van der Waals surface area (Å²) < 4.78 is 5.89. The third-order valence-corrected chi connectivity index (χ3v) is 2.74. The Bertz CT molecular complexity index is 334. The van der Waals surface area contributed by atoms with Gasteiger partial charge in [-0.2, -0.15) is 0 Å². The Labute approximate surface area is 92.4 Å². The van der Waals surface area contributed by atoms with Crippen LogP contribution < -0.4 is 0 Å². The fraction of sp³-hybridized carbons (Fsp3) is 0.364. The molecular formula is C11H13BrO2. The van der Waals surface area contributed by atoms with E-state index in [0.717, 1.165) is 15.6 Å². The second-order valence-corrected chi connectivity index (χ2v) is 3.92. The third-order valence-electron chi connectivity index (χ3n) is 1.89. The molecular weight excluding hydrogens is 244 g/mol. The van der Waals surface area contributed by atoms with Crippen molar-refractivity contribution in [3.8, 4) is 0 Å². The van der Waals surface area contributed by atoms with Crippen molar-refractivity contribution in [1.82, 2.24) is 0 Å². The smallest absolute Gasteiger partial charge is 0.310 e. The average Bonchev–Trinajstić information content (AvgIpc) is 2.12. The first kappa shape index (κ1) is 11.2. The van der Waals surface area contributed by atoms with Gasteiger partial charge in [0, 0.05) is 4.47 Å². The molecule has 14 heavy (non-hydrogen) atoms. The van der Waals surface area contributed by atoms with Gasteiger partial charge in [-0.15, -0.1) is 0 Å². The zero-order valence-electron chi connectivity index (χ0n) is 8.34. The molecule has 1 aromatic rings. The van der Waals surface area contributed by atoms with E-state index in [4.69, 9.17) is 4.74 Å². The van der Waals surface area contributed by atoms with Crippen molar-refractivity contribution in [2.75, 3.05) is 6.61 Å². The molecule has 2 nitrogen and oxygen atoms in total. The summed E-state index contributed by atoms with van der Waals surface area (Å²) >= 11 is 3.42. The fourth-order valence-electron chi connectivity index (χ4n) is 1.13. The second kappa shape index (κ2) is 5.15. The summed E-state index contributed by atoms with van der Waals surface area (Å²) in [6.45, 7) is 4.26. The molecule has 0 aliphatic carbocycles. The van der Waals surface area contributed by atoms with Crippen LogP contribution in [0.5, 0.6) is 0 Å². The van der Waals surface area contributed by atoms with Crippen molar-refractivity contribution in [3.05, 3.63) is 33.8 Å². The van der Waals surface area contributed by atoms with Crippen LogP contribution in [0.15, 0.2) is 22.7 Å². The minimum Gasteiger partial charge on any atom is -0.466 e. The highest BCUT2D eigenvalue weighted by Crippen LogP contribution is 2.17. The number of esters is 1. The normalized spacial score (nSPS) is 9.93. The van der Waals surface area contributed by atoms with Crippen molar-refractivity contribution in [3.63, 3.8) is 0 Å². The number of benzene rings is 1. The first-order chi connectivity index (χ1) is 6.63. The molecule has 1 rings (SSSR count). The zero-order valence-corrected chi connectivity index (χ0v) is 9.93. The van der Waals surface area contributed by atoms with Crippen molar-refractivity contribution in [1.29, 1.82) is 0 Å². The van der Waals surface area contributed by atoms with E-state index in [1.807, 2.05) is 32.0 Å². The Kier molecular flexibility index (Phi) is 4.14. The van der Waals surface area contributed by atoms with Crippen LogP contribution in [-0.2, 0) is 16.0 Å². The highest BCUT2D eigenvalue weighted by molar-refractivity contribution is 9.10. The standard InChI is InChI=1S/C11H13BrO2/c1-3-14-11(13)7-9-5-4-8(2)10(12)6-9/h4-6H,3,7H2,1-2H3. The van der Waals surface area contributed by atoms with E-state index in [2.05, 4.69) is 15.9 Å². The molecule has 0 radical (unpaired) electrons. The fourth-order valence-corrected chi connectivity index (χ4v) is 1.55. The molecule has 3 heteroatoms. The maximum Gasteiger partial charge on any atom is 0.310 e. The first-order valence-corrected chi connectivity index (χ1v) is 5.33. The number of rotatable bonds is 3. The van der Waals surface area contributed by atoms with Gasteiger partial charge in [0.2, 0.25) is 0 Å². The Morgan fingerprint density at radius 1 is 1.50 bits per heavy atom. The number of aryl methyl sites for hydroxylation is 1. The molecule has 1 aromatic carbocycles. The third kappa shape index (κ3) is 3.14. The number of carbonyl (C=O) groups is 1. The van der Waals surface area contributed by atoms with Crippen LogP contribution in [0.3, 0.4) is 0 Å². The quantitative estimate of drug-likeness (QED) is 0.778. The Hall–Kier alpha value is -0.830. The second-order valence-electron chi connectivity index (χ2n) is 3.07. The number of ether oxygens (including phenoxy) is 1. The molecule has 0 unspecified atom stereocenters. The summed E-state index contributed by atoms with van der Waals surface area (Å²) in [6.07, 6.45) is 0.340. The minimum atomic E-state index is -0.178. The first-order valence-electron chi connectivity index (χ1n) is 4.54. The highest BCUT2D eigenvalue weighted by atomic mass is 79.9.